The van der Waals surface area contributed by atoms with Crippen LogP contribution in [0.2, 0.25) is 0 Å². The summed E-state index contributed by atoms with van der Waals surface area (Å²) in [7, 11) is 0. The molecule has 0 saturated carbocycles. The molecule has 6 nitrogen and oxygen atoms in total. The lowest BCUT2D eigenvalue weighted by Gasteiger charge is -2.40. The van der Waals surface area contributed by atoms with Gasteiger partial charge in [-0.2, -0.15) is 0 Å². The van der Waals surface area contributed by atoms with Gasteiger partial charge in [0.1, 0.15) is 0 Å². The first-order valence-electron chi connectivity index (χ1n) is 15.5. The molecule has 2 saturated heterocycles. The molecule has 2 aliphatic heterocycles. The van der Waals surface area contributed by atoms with Crippen LogP contribution in [0.25, 0.3) is 11.3 Å². The fourth-order valence-corrected chi connectivity index (χ4v) is 7.01. The van der Waals surface area contributed by atoms with Gasteiger partial charge in [-0.05, 0) is 42.6 Å². The largest absolute Gasteiger partial charge is 0.375 e. The Bertz CT molecular complexity index is 1300. The lowest BCUT2D eigenvalue weighted by molar-refractivity contribution is 0.0978. The molecule has 0 aliphatic carbocycles. The summed E-state index contributed by atoms with van der Waals surface area (Å²) < 4.78 is 0. The molecule has 2 fully saturated rings. The zero-order chi connectivity index (χ0) is 28.6. The van der Waals surface area contributed by atoms with Crippen molar-refractivity contribution in [2.75, 3.05) is 77.7 Å². The van der Waals surface area contributed by atoms with Gasteiger partial charge < -0.3 is 20.4 Å². The summed E-state index contributed by atoms with van der Waals surface area (Å²) in [5.41, 5.74) is 12.1. The number of anilines is 1. The molecule has 2 N–H and O–H groups in total. The van der Waals surface area contributed by atoms with Crippen molar-refractivity contribution in [3.8, 4) is 11.3 Å². The minimum Gasteiger partial charge on any atom is -0.375 e. The topological polar surface area (TPSA) is 51.9 Å². The third-order valence-corrected chi connectivity index (χ3v) is 9.58. The Labute approximate surface area is 255 Å². The molecule has 0 spiro atoms. The van der Waals surface area contributed by atoms with E-state index in [-0.39, 0.29) is 0 Å². The number of hydrogen-bond donors (Lipinski definition) is 1. The molecule has 3 heterocycles. The summed E-state index contributed by atoms with van der Waals surface area (Å²) in [5.74, 6) is 0. The van der Waals surface area contributed by atoms with Crippen LogP contribution in [0.4, 0.5) is 5.13 Å². The number of hydrogen-bond acceptors (Lipinski definition) is 7. The van der Waals surface area contributed by atoms with Gasteiger partial charge >= 0.3 is 0 Å². The van der Waals surface area contributed by atoms with Crippen LogP contribution in [0.3, 0.4) is 0 Å². The minimum absolute atomic E-state index is 0.341. The van der Waals surface area contributed by atoms with Crippen LogP contribution >= 0.6 is 11.3 Å². The molecule has 0 amide bonds. The van der Waals surface area contributed by atoms with E-state index in [4.69, 9.17) is 5.73 Å². The van der Waals surface area contributed by atoms with Crippen LogP contribution in [-0.4, -0.2) is 96.6 Å². The molecule has 0 unspecified atom stereocenters. The van der Waals surface area contributed by atoms with Gasteiger partial charge in [0, 0.05) is 69.8 Å². The fraction of sp³-hybridized carbons (Fsp3) is 0.400. The molecule has 0 bridgehead atoms. The Morgan fingerprint density at radius 3 is 1.69 bits per heavy atom. The van der Waals surface area contributed by atoms with Crippen LogP contribution < -0.4 is 5.73 Å². The smallest absolute Gasteiger partial charge is 0.180 e. The summed E-state index contributed by atoms with van der Waals surface area (Å²) in [6, 6.07) is 31.2. The average Bonchev–Trinajstić information content (AvgIpc) is 3.49. The lowest BCUT2D eigenvalue weighted by Crippen LogP contribution is -2.49. The molecule has 7 heteroatoms. The highest BCUT2D eigenvalue weighted by Gasteiger charge is 2.26. The van der Waals surface area contributed by atoms with Crippen molar-refractivity contribution in [2.45, 2.75) is 18.9 Å². The van der Waals surface area contributed by atoms with Crippen LogP contribution in [0.1, 0.15) is 29.2 Å². The Morgan fingerprint density at radius 1 is 0.643 bits per heavy atom. The molecular weight excluding hydrogens is 536 g/mol. The highest BCUT2D eigenvalue weighted by molar-refractivity contribution is 7.13. The van der Waals surface area contributed by atoms with E-state index in [0.717, 1.165) is 50.4 Å². The maximum absolute atomic E-state index is 5.79. The Balaban J connectivity index is 0.886. The van der Waals surface area contributed by atoms with Crippen LogP contribution in [-0.2, 0) is 6.42 Å². The standard InChI is InChI=1S/C35H44N6S/c36-35-37-33(28-42-35)30-14-12-29(13-15-30)16-19-40-22-20-38(21-23-40)17-7-18-39-24-26-41(27-25-39)34(31-8-3-1-4-9-31)32-10-5-2-6-11-32/h1-6,8-15,28,34H,7,16-27H2,(H2,36,37). The molecule has 2 aliphatic rings. The van der Waals surface area contributed by atoms with Crippen molar-refractivity contribution < 1.29 is 0 Å². The third kappa shape index (κ3) is 7.65. The predicted octanol–water partition coefficient (Wildman–Crippen LogP) is 5.35. The van der Waals surface area contributed by atoms with Gasteiger partial charge in [-0.3, -0.25) is 4.90 Å². The maximum Gasteiger partial charge on any atom is 0.180 e. The van der Waals surface area contributed by atoms with Gasteiger partial charge in [-0.15, -0.1) is 11.3 Å². The molecule has 0 atom stereocenters. The van der Waals surface area contributed by atoms with Gasteiger partial charge in [0.05, 0.1) is 11.7 Å². The molecule has 6 rings (SSSR count). The average molecular weight is 581 g/mol. The number of rotatable bonds is 11. The lowest BCUT2D eigenvalue weighted by atomic mass is 9.96. The number of piperazine rings is 2. The maximum atomic E-state index is 5.79. The van der Waals surface area contributed by atoms with Crippen LogP contribution in [0, 0.1) is 0 Å². The van der Waals surface area contributed by atoms with Gasteiger partial charge in [0.15, 0.2) is 5.13 Å². The van der Waals surface area contributed by atoms with E-state index in [0.29, 0.717) is 11.2 Å². The van der Waals surface area contributed by atoms with Gasteiger partial charge in [-0.1, -0.05) is 84.9 Å². The number of nitrogen functional groups attached to an aromatic ring is 1. The molecule has 42 heavy (non-hydrogen) atoms. The van der Waals surface area contributed by atoms with Crippen molar-refractivity contribution in [1.29, 1.82) is 0 Å². The van der Waals surface area contributed by atoms with Crippen LogP contribution in [0.5, 0.6) is 0 Å². The fourth-order valence-electron chi connectivity index (χ4n) is 6.43. The summed E-state index contributed by atoms with van der Waals surface area (Å²) >= 11 is 1.50. The zero-order valence-electron chi connectivity index (χ0n) is 24.7. The molecule has 4 aromatic rings. The highest BCUT2D eigenvalue weighted by Crippen LogP contribution is 2.29. The number of nitrogens with zero attached hydrogens (tertiary/aromatic N) is 5. The molecule has 220 valence electrons. The summed E-state index contributed by atoms with van der Waals surface area (Å²) in [6.45, 7) is 12.8. The first-order valence-corrected chi connectivity index (χ1v) is 16.4. The summed E-state index contributed by atoms with van der Waals surface area (Å²) in [5, 5.41) is 2.65. The van der Waals surface area contributed by atoms with E-state index in [1.165, 1.54) is 73.7 Å². The Hall–Kier alpha value is -3.07. The first kappa shape index (κ1) is 29.0. The van der Waals surface area contributed by atoms with Crippen LogP contribution in [0.15, 0.2) is 90.3 Å². The van der Waals surface area contributed by atoms with Gasteiger partial charge in [-0.25, -0.2) is 4.98 Å². The summed E-state index contributed by atoms with van der Waals surface area (Å²) in [4.78, 5) is 15.0. The van der Waals surface area contributed by atoms with E-state index in [2.05, 4.69) is 110 Å². The zero-order valence-corrected chi connectivity index (χ0v) is 25.5. The first-order chi connectivity index (χ1) is 20.7. The van der Waals surface area contributed by atoms with Crippen molar-refractivity contribution in [2.24, 2.45) is 0 Å². The van der Waals surface area contributed by atoms with E-state index in [1.54, 1.807) is 0 Å². The van der Waals surface area contributed by atoms with Gasteiger partial charge in [0.2, 0.25) is 0 Å². The van der Waals surface area contributed by atoms with E-state index in [9.17, 15) is 0 Å². The predicted molar refractivity (Wildman–Crippen MR) is 176 cm³/mol. The Morgan fingerprint density at radius 2 is 1.17 bits per heavy atom. The highest BCUT2D eigenvalue weighted by atomic mass is 32.1. The number of nitrogens with two attached hydrogens (primary N) is 1. The Kier molecular flexibility index (Phi) is 9.95. The quantitative estimate of drug-likeness (QED) is 0.258. The SMILES string of the molecule is Nc1nc(-c2ccc(CCN3CCN(CCCN4CCN(C(c5ccccc5)c5ccccc5)CC4)CC3)cc2)cs1. The van der Waals surface area contributed by atoms with E-state index >= 15 is 0 Å². The van der Waals surface area contributed by atoms with Crippen molar-refractivity contribution >= 4 is 16.5 Å². The monoisotopic (exact) mass is 580 g/mol. The minimum atomic E-state index is 0.341. The number of aromatic nitrogens is 1. The second kappa shape index (κ2) is 14.4. The molecular formula is C35H44N6S. The number of thiazole rings is 1. The second-order valence-electron chi connectivity index (χ2n) is 11.7. The van der Waals surface area contributed by atoms with E-state index in [1.807, 2.05) is 5.38 Å². The van der Waals surface area contributed by atoms with Crippen molar-refractivity contribution in [3.63, 3.8) is 0 Å². The molecule has 0 radical (unpaired) electrons. The third-order valence-electron chi connectivity index (χ3n) is 8.90. The normalized spacial score (nSPS) is 17.6. The van der Waals surface area contributed by atoms with Crippen molar-refractivity contribution in [1.82, 2.24) is 24.6 Å². The second-order valence-corrected chi connectivity index (χ2v) is 12.5. The van der Waals surface area contributed by atoms with E-state index < -0.39 is 0 Å². The van der Waals surface area contributed by atoms with Gasteiger partial charge in [0.25, 0.3) is 0 Å². The molecule has 1 aromatic heterocycles. The number of benzene rings is 3. The van der Waals surface area contributed by atoms with Crippen molar-refractivity contribution in [3.05, 3.63) is 107 Å². The molecule has 3 aromatic carbocycles. The summed E-state index contributed by atoms with van der Waals surface area (Å²) in [6.07, 6.45) is 2.36.